The van der Waals surface area contributed by atoms with Crippen LogP contribution in [0, 0.1) is 62.1 Å². The molecule has 8 atom stereocenters. The Bertz CT molecular complexity index is 1070. The predicted molar refractivity (Wildman–Crippen MR) is 143 cm³/mol. The van der Waals surface area contributed by atoms with E-state index in [1.807, 2.05) is 19.9 Å². The van der Waals surface area contributed by atoms with Crippen LogP contribution in [-0.2, 0) is 19.1 Å². The van der Waals surface area contributed by atoms with Crippen molar-refractivity contribution in [1.82, 2.24) is 0 Å². The number of esters is 1. The summed E-state index contributed by atoms with van der Waals surface area (Å²) >= 11 is 0. The van der Waals surface area contributed by atoms with Crippen molar-refractivity contribution in [1.29, 1.82) is 5.26 Å². The number of methoxy groups -OCH3 is 1. The molecule has 3 fully saturated rings. The highest BCUT2D eigenvalue weighted by Gasteiger charge is 2.67. The number of ether oxygens (including phenoxy) is 1. The lowest BCUT2D eigenvalue weighted by Crippen LogP contribution is -2.64. The monoisotopic (exact) mass is 509 g/mol. The molecule has 37 heavy (non-hydrogen) atoms. The molecule has 0 aromatic rings. The third-order valence-corrected chi connectivity index (χ3v) is 12.4. The van der Waals surface area contributed by atoms with Gasteiger partial charge in [0.15, 0.2) is 5.78 Å². The molecule has 4 aliphatic rings. The Morgan fingerprint density at radius 2 is 1.59 bits per heavy atom. The summed E-state index contributed by atoms with van der Waals surface area (Å²) in [5, 5.41) is 9.79. The summed E-state index contributed by atoms with van der Waals surface area (Å²) in [4.78, 5) is 40.1. The summed E-state index contributed by atoms with van der Waals surface area (Å²) < 4.78 is 5.31. The van der Waals surface area contributed by atoms with Crippen molar-refractivity contribution in [3.63, 3.8) is 0 Å². The molecule has 0 aromatic heterocycles. The van der Waals surface area contributed by atoms with Gasteiger partial charge in [-0.05, 0) is 91.8 Å². The Morgan fingerprint density at radius 1 is 0.946 bits per heavy atom. The maximum absolute atomic E-state index is 14.1. The molecule has 0 amide bonds. The van der Waals surface area contributed by atoms with Gasteiger partial charge in [0.05, 0.1) is 18.1 Å². The van der Waals surface area contributed by atoms with E-state index in [-0.39, 0.29) is 62.7 Å². The van der Waals surface area contributed by atoms with Gasteiger partial charge in [0, 0.05) is 18.3 Å². The van der Waals surface area contributed by atoms with E-state index in [9.17, 15) is 19.6 Å². The maximum atomic E-state index is 14.1. The Morgan fingerprint density at radius 3 is 2.22 bits per heavy atom. The Labute approximate surface area is 223 Å². The van der Waals surface area contributed by atoms with Crippen LogP contribution in [0.4, 0.5) is 0 Å². The molecule has 4 aliphatic carbocycles. The molecule has 5 nitrogen and oxygen atoms in total. The van der Waals surface area contributed by atoms with E-state index in [0.717, 1.165) is 44.9 Å². The van der Waals surface area contributed by atoms with Crippen LogP contribution in [0.1, 0.15) is 106 Å². The number of hydrogen-bond acceptors (Lipinski definition) is 5. The van der Waals surface area contributed by atoms with Crippen molar-refractivity contribution in [2.75, 3.05) is 7.11 Å². The van der Waals surface area contributed by atoms with Crippen molar-refractivity contribution < 1.29 is 19.1 Å². The molecule has 0 aliphatic heterocycles. The summed E-state index contributed by atoms with van der Waals surface area (Å²) in [6.07, 6.45) is 9.40. The van der Waals surface area contributed by atoms with Crippen LogP contribution < -0.4 is 0 Å². The number of hydrogen-bond donors (Lipinski definition) is 0. The van der Waals surface area contributed by atoms with Crippen molar-refractivity contribution in [2.45, 2.75) is 106 Å². The Balaban J connectivity index is 1.84. The van der Waals surface area contributed by atoms with Gasteiger partial charge in [-0.25, -0.2) is 0 Å². The fourth-order valence-corrected chi connectivity index (χ4v) is 9.33. The second-order valence-corrected chi connectivity index (χ2v) is 14.7. The molecule has 0 radical (unpaired) electrons. The van der Waals surface area contributed by atoms with E-state index in [0.29, 0.717) is 18.6 Å². The molecule has 0 aromatic carbocycles. The second-order valence-electron chi connectivity index (χ2n) is 14.7. The second kappa shape index (κ2) is 9.06. The van der Waals surface area contributed by atoms with Gasteiger partial charge in [0.1, 0.15) is 11.9 Å². The van der Waals surface area contributed by atoms with Gasteiger partial charge in [-0.3, -0.25) is 14.4 Å². The third-order valence-electron chi connectivity index (χ3n) is 12.4. The third kappa shape index (κ3) is 4.12. The standard InChI is InChI=1S/C32H47NO4/c1-20-22-10-12-32(7)25(30(22,5)18-21(19-33)26(20)35)17-24(34)23-9-11-28(2,3)13-14-29(4,27(36)37-8)15-16-31(23,32)6/h18,20,22-23,25H,9-17H2,1-8H3/t20-,22-,23?,25+,29-,30-,31+,32+/m0/s1. The SMILES string of the molecule is COC(=O)[C@@]1(C)CCC(C)(C)CCC2C(=O)C[C@@H]3[C@@]4(C)C=C(C#N)C(=O)[C@@H](C)[C@@H]4CC[C@@]3(C)[C@]2(C)CC1. The molecule has 0 bridgehead atoms. The molecule has 0 N–H and O–H groups in total. The number of carbonyl (C=O) groups excluding carboxylic acids is 3. The number of Topliss-reactive ketones (excluding diaryl/α,β-unsaturated/α-hetero) is 2. The topological polar surface area (TPSA) is 84.2 Å². The largest absolute Gasteiger partial charge is 0.469 e. The van der Waals surface area contributed by atoms with Crippen molar-refractivity contribution in [3.8, 4) is 6.07 Å². The predicted octanol–water partition coefficient (Wildman–Crippen LogP) is 6.85. The fourth-order valence-electron chi connectivity index (χ4n) is 9.33. The van der Waals surface area contributed by atoms with Crippen LogP contribution in [-0.4, -0.2) is 24.6 Å². The van der Waals surface area contributed by atoms with Gasteiger partial charge in [0.2, 0.25) is 0 Å². The van der Waals surface area contributed by atoms with Crippen LogP contribution in [0.3, 0.4) is 0 Å². The average molecular weight is 510 g/mol. The number of rotatable bonds is 1. The van der Waals surface area contributed by atoms with E-state index in [1.54, 1.807) is 0 Å². The van der Waals surface area contributed by atoms with Gasteiger partial charge >= 0.3 is 5.97 Å². The molecular weight excluding hydrogens is 462 g/mol. The lowest BCUT2D eigenvalue weighted by Gasteiger charge is -2.67. The normalized spacial score (nSPS) is 45.9. The summed E-state index contributed by atoms with van der Waals surface area (Å²) in [7, 11) is 1.48. The zero-order valence-corrected chi connectivity index (χ0v) is 24.3. The van der Waals surface area contributed by atoms with Crippen molar-refractivity contribution in [3.05, 3.63) is 11.6 Å². The van der Waals surface area contributed by atoms with E-state index in [4.69, 9.17) is 4.74 Å². The molecule has 0 saturated heterocycles. The molecule has 0 heterocycles. The van der Waals surface area contributed by atoms with Crippen LogP contribution in [0.25, 0.3) is 0 Å². The molecule has 1 unspecified atom stereocenters. The molecule has 0 spiro atoms. The summed E-state index contributed by atoms with van der Waals surface area (Å²) in [5.74, 6) is 0.0879. The average Bonchev–Trinajstić information content (AvgIpc) is 2.84. The van der Waals surface area contributed by atoms with E-state index < -0.39 is 5.41 Å². The Hall–Kier alpha value is -1.96. The quantitative estimate of drug-likeness (QED) is 0.361. The first-order valence-corrected chi connectivity index (χ1v) is 14.4. The highest BCUT2D eigenvalue weighted by molar-refractivity contribution is 6.01. The summed E-state index contributed by atoms with van der Waals surface area (Å²) in [5.41, 5.74) is -1.08. The molecule has 4 rings (SSSR count). The maximum Gasteiger partial charge on any atom is 0.311 e. The highest BCUT2D eigenvalue weighted by atomic mass is 16.5. The molecular formula is C32H47NO4. The Kier molecular flexibility index (Phi) is 6.87. The van der Waals surface area contributed by atoms with Gasteiger partial charge < -0.3 is 4.74 Å². The molecule has 204 valence electrons. The van der Waals surface area contributed by atoms with Gasteiger partial charge in [-0.1, -0.05) is 47.6 Å². The van der Waals surface area contributed by atoms with Crippen LogP contribution >= 0.6 is 0 Å². The lowest BCUT2D eigenvalue weighted by atomic mass is 9.36. The van der Waals surface area contributed by atoms with Crippen LogP contribution in [0.2, 0.25) is 0 Å². The van der Waals surface area contributed by atoms with E-state index >= 15 is 0 Å². The number of ketones is 2. The minimum Gasteiger partial charge on any atom is -0.469 e. The van der Waals surface area contributed by atoms with Gasteiger partial charge in [-0.2, -0.15) is 5.26 Å². The number of nitrogens with zero attached hydrogens (tertiary/aromatic N) is 1. The van der Waals surface area contributed by atoms with Crippen LogP contribution in [0.15, 0.2) is 11.6 Å². The molecule has 3 saturated carbocycles. The minimum absolute atomic E-state index is 0.0405. The van der Waals surface area contributed by atoms with E-state index in [1.165, 1.54) is 7.11 Å². The first-order chi connectivity index (χ1) is 17.1. The van der Waals surface area contributed by atoms with Gasteiger partial charge in [0.25, 0.3) is 0 Å². The fraction of sp³-hybridized carbons (Fsp3) is 0.812. The minimum atomic E-state index is -0.579. The molecule has 5 heteroatoms. The van der Waals surface area contributed by atoms with Crippen LogP contribution in [0.5, 0.6) is 0 Å². The number of nitriles is 1. The zero-order chi connectivity index (χ0) is 27.6. The van der Waals surface area contributed by atoms with Crippen molar-refractivity contribution in [2.24, 2.45) is 50.7 Å². The number of carbonyl (C=O) groups is 3. The lowest BCUT2D eigenvalue weighted by molar-refractivity contribution is -0.187. The smallest absolute Gasteiger partial charge is 0.311 e. The van der Waals surface area contributed by atoms with Crippen molar-refractivity contribution >= 4 is 17.5 Å². The van der Waals surface area contributed by atoms with Gasteiger partial charge in [-0.15, -0.1) is 0 Å². The summed E-state index contributed by atoms with van der Waals surface area (Å²) in [6.45, 7) is 15.5. The number of allylic oxidation sites excluding steroid dienone is 2. The number of fused-ring (bicyclic) bond motifs is 5. The summed E-state index contributed by atoms with van der Waals surface area (Å²) in [6, 6.07) is 2.17. The first kappa shape index (κ1) is 28.1. The zero-order valence-electron chi connectivity index (χ0n) is 24.3. The highest BCUT2D eigenvalue weighted by Crippen LogP contribution is 2.71. The first-order valence-electron chi connectivity index (χ1n) is 14.4. The van der Waals surface area contributed by atoms with E-state index in [2.05, 4.69) is 40.7 Å².